The number of carbonyl (C=O) groups excluding carboxylic acids is 1. The van der Waals surface area contributed by atoms with Crippen LogP contribution >= 0.6 is 0 Å². The Kier molecular flexibility index (Phi) is 4.46. The van der Waals surface area contributed by atoms with E-state index in [1.807, 2.05) is 12.1 Å². The molecule has 0 radical (unpaired) electrons. The van der Waals surface area contributed by atoms with E-state index in [1.165, 1.54) is 23.1 Å². The first-order valence-electron chi connectivity index (χ1n) is 9.12. The van der Waals surface area contributed by atoms with E-state index >= 15 is 0 Å². The molecule has 2 aliphatic rings. The summed E-state index contributed by atoms with van der Waals surface area (Å²) < 4.78 is 0. The van der Waals surface area contributed by atoms with Crippen molar-refractivity contribution in [2.45, 2.75) is 31.3 Å². The molecule has 4 rings (SSSR count). The van der Waals surface area contributed by atoms with Crippen LogP contribution in [0.3, 0.4) is 0 Å². The SMILES string of the molecule is O=C(O)C1c2ccccc2CCN1C(=O)c1ccc(NC2CC2)c([N+](=O)[O-])c1. The second-order valence-electron chi connectivity index (χ2n) is 7.10. The van der Waals surface area contributed by atoms with Crippen molar-refractivity contribution in [3.8, 4) is 0 Å². The van der Waals surface area contributed by atoms with Crippen LogP contribution in [0.4, 0.5) is 11.4 Å². The number of rotatable bonds is 5. The van der Waals surface area contributed by atoms with E-state index in [1.54, 1.807) is 12.1 Å². The summed E-state index contributed by atoms with van der Waals surface area (Å²) in [6.07, 6.45) is 2.46. The topological polar surface area (TPSA) is 113 Å². The number of carbonyl (C=O) groups is 2. The van der Waals surface area contributed by atoms with Gasteiger partial charge in [0.25, 0.3) is 11.6 Å². The molecule has 1 fully saturated rings. The molecule has 2 N–H and O–H groups in total. The fraction of sp³-hybridized carbons (Fsp3) is 0.300. The third-order valence-electron chi connectivity index (χ3n) is 5.16. The van der Waals surface area contributed by atoms with Gasteiger partial charge in [-0.05, 0) is 42.5 Å². The molecule has 1 unspecified atom stereocenters. The van der Waals surface area contributed by atoms with Gasteiger partial charge in [0, 0.05) is 24.2 Å². The van der Waals surface area contributed by atoms with Gasteiger partial charge in [0.05, 0.1) is 4.92 Å². The largest absolute Gasteiger partial charge is 0.479 e. The molecule has 1 atom stereocenters. The van der Waals surface area contributed by atoms with Gasteiger partial charge in [0.1, 0.15) is 5.69 Å². The predicted octanol–water partition coefficient (Wildman–Crippen LogP) is 2.99. The molecule has 8 nitrogen and oxygen atoms in total. The van der Waals surface area contributed by atoms with Crippen molar-refractivity contribution in [3.05, 3.63) is 69.3 Å². The summed E-state index contributed by atoms with van der Waals surface area (Å²) in [5.41, 5.74) is 1.79. The third kappa shape index (κ3) is 3.28. The Balaban J connectivity index is 1.67. The van der Waals surface area contributed by atoms with Gasteiger partial charge in [-0.2, -0.15) is 0 Å². The van der Waals surface area contributed by atoms with Gasteiger partial charge in [0.2, 0.25) is 0 Å². The maximum Gasteiger partial charge on any atom is 0.331 e. The van der Waals surface area contributed by atoms with Crippen LogP contribution in [0.25, 0.3) is 0 Å². The Bertz CT molecular complexity index is 970. The normalized spacial score (nSPS) is 18.3. The van der Waals surface area contributed by atoms with Crippen LogP contribution in [-0.2, 0) is 11.2 Å². The summed E-state index contributed by atoms with van der Waals surface area (Å²) in [6, 6.07) is 10.5. The van der Waals surface area contributed by atoms with Gasteiger partial charge in [-0.25, -0.2) is 4.79 Å². The lowest BCUT2D eigenvalue weighted by Gasteiger charge is -2.34. The molecule has 2 aromatic carbocycles. The highest BCUT2D eigenvalue weighted by molar-refractivity contribution is 5.98. The van der Waals surface area contributed by atoms with Gasteiger partial charge in [-0.3, -0.25) is 14.9 Å². The van der Waals surface area contributed by atoms with E-state index in [0.29, 0.717) is 17.7 Å². The monoisotopic (exact) mass is 381 g/mol. The van der Waals surface area contributed by atoms with Crippen LogP contribution < -0.4 is 5.32 Å². The number of hydrogen-bond donors (Lipinski definition) is 2. The van der Waals surface area contributed by atoms with Crippen LogP contribution in [0.2, 0.25) is 0 Å². The summed E-state index contributed by atoms with van der Waals surface area (Å²) in [4.78, 5) is 37.2. The first-order chi connectivity index (χ1) is 13.5. The van der Waals surface area contributed by atoms with Gasteiger partial charge in [-0.1, -0.05) is 24.3 Å². The molecule has 0 saturated heterocycles. The first kappa shape index (κ1) is 18.0. The lowest BCUT2D eigenvalue weighted by Crippen LogP contribution is -2.43. The summed E-state index contributed by atoms with van der Waals surface area (Å²) in [5, 5.41) is 24.3. The van der Waals surface area contributed by atoms with Crippen molar-refractivity contribution >= 4 is 23.3 Å². The molecule has 2 aromatic rings. The molecule has 1 amide bonds. The van der Waals surface area contributed by atoms with Crippen molar-refractivity contribution in [1.82, 2.24) is 4.90 Å². The number of anilines is 1. The molecular formula is C20H19N3O5. The lowest BCUT2D eigenvalue weighted by atomic mass is 9.92. The quantitative estimate of drug-likeness (QED) is 0.608. The predicted molar refractivity (Wildman–Crippen MR) is 101 cm³/mol. The minimum atomic E-state index is -1.12. The molecular weight excluding hydrogens is 362 g/mol. The Morgan fingerprint density at radius 3 is 2.61 bits per heavy atom. The number of carboxylic acid groups (broad SMARTS) is 1. The molecule has 8 heteroatoms. The van der Waals surface area contributed by atoms with Crippen LogP contribution in [-0.4, -0.2) is 39.4 Å². The maximum atomic E-state index is 13.1. The number of carboxylic acids is 1. The van der Waals surface area contributed by atoms with E-state index < -0.39 is 22.8 Å². The highest BCUT2D eigenvalue weighted by atomic mass is 16.6. The number of nitro groups is 1. The third-order valence-corrected chi connectivity index (χ3v) is 5.16. The fourth-order valence-electron chi connectivity index (χ4n) is 3.60. The molecule has 144 valence electrons. The van der Waals surface area contributed by atoms with E-state index in [2.05, 4.69) is 5.32 Å². The van der Waals surface area contributed by atoms with Crippen molar-refractivity contribution in [2.75, 3.05) is 11.9 Å². The number of benzene rings is 2. The fourth-order valence-corrected chi connectivity index (χ4v) is 3.60. The zero-order valence-electron chi connectivity index (χ0n) is 15.0. The number of amides is 1. The Morgan fingerprint density at radius 1 is 1.18 bits per heavy atom. The minimum Gasteiger partial charge on any atom is -0.479 e. The summed E-state index contributed by atoms with van der Waals surface area (Å²) in [7, 11) is 0. The van der Waals surface area contributed by atoms with Gasteiger partial charge in [-0.15, -0.1) is 0 Å². The summed E-state index contributed by atoms with van der Waals surface area (Å²) in [6.45, 7) is 0.239. The Labute approximate surface area is 160 Å². The molecule has 1 aliphatic heterocycles. The van der Waals surface area contributed by atoms with Crippen molar-refractivity contribution in [2.24, 2.45) is 0 Å². The van der Waals surface area contributed by atoms with Crippen LogP contribution in [0.5, 0.6) is 0 Å². The van der Waals surface area contributed by atoms with Crippen LogP contribution in [0.1, 0.15) is 40.4 Å². The number of nitro benzene ring substituents is 1. The molecule has 0 aromatic heterocycles. The zero-order chi connectivity index (χ0) is 19.8. The second-order valence-corrected chi connectivity index (χ2v) is 7.10. The van der Waals surface area contributed by atoms with Crippen molar-refractivity contribution in [1.29, 1.82) is 0 Å². The maximum absolute atomic E-state index is 13.1. The molecule has 0 spiro atoms. The molecule has 1 saturated carbocycles. The lowest BCUT2D eigenvalue weighted by molar-refractivity contribution is -0.384. The minimum absolute atomic E-state index is 0.110. The van der Waals surface area contributed by atoms with Crippen molar-refractivity contribution in [3.63, 3.8) is 0 Å². The molecule has 1 aliphatic carbocycles. The number of fused-ring (bicyclic) bond motifs is 1. The van der Waals surface area contributed by atoms with Gasteiger partial charge in [0.15, 0.2) is 6.04 Å². The van der Waals surface area contributed by atoms with E-state index in [-0.39, 0.29) is 23.8 Å². The average molecular weight is 381 g/mol. The number of aliphatic carboxylic acids is 1. The highest BCUT2D eigenvalue weighted by Crippen LogP contribution is 2.34. The number of nitrogens with zero attached hydrogens (tertiary/aromatic N) is 2. The molecule has 1 heterocycles. The van der Waals surface area contributed by atoms with Crippen molar-refractivity contribution < 1.29 is 19.6 Å². The molecule has 28 heavy (non-hydrogen) atoms. The second kappa shape index (κ2) is 6.95. The van der Waals surface area contributed by atoms with Gasteiger partial charge >= 0.3 is 5.97 Å². The van der Waals surface area contributed by atoms with E-state index in [0.717, 1.165) is 18.4 Å². The highest BCUT2D eigenvalue weighted by Gasteiger charge is 2.36. The van der Waals surface area contributed by atoms with E-state index in [4.69, 9.17) is 0 Å². The van der Waals surface area contributed by atoms with Crippen LogP contribution in [0, 0.1) is 10.1 Å². The first-order valence-corrected chi connectivity index (χ1v) is 9.12. The van der Waals surface area contributed by atoms with Crippen LogP contribution in [0.15, 0.2) is 42.5 Å². The zero-order valence-corrected chi connectivity index (χ0v) is 15.0. The summed E-state index contributed by atoms with van der Waals surface area (Å²) in [5.74, 6) is -1.65. The number of nitrogens with one attached hydrogen (secondary N) is 1. The van der Waals surface area contributed by atoms with Gasteiger partial charge < -0.3 is 15.3 Å². The Hall–Kier alpha value is -3.42. The number of hydrogen-bond acceptors (Lipinski definition) is 5. The smallest absolute Gasteiger partial charge is 0.331 e. The molecule has 0 bridgehead atoms. The Morgan fingerprint density at radius 2 is 1.93 bits per heavy atom. The summed E-state index contributed by atoms with van der Waals surface area (Å²) >= 11 is 0. The van der Waals surface area contributed by atoms with E-state index in [9.17, 15) is 24.8 Å². The standard InChI is InChI=1S/C20H19N3O5/c24-19(13-5-8-16(21-14-6-7-14)17(11-13)23(27)28)22-10-9-12-3-1-2-4-15(12)18(22)20(25)26/h1-5,8,11,14,18,21H,6-7,9-10H2,(H,25,26). The average Bonchev–Trinajstić information content (AvgIpc) is 3.50.